The highest BCUT2D eigenvalue weighted by Gasteiger charge is 2.11. The number of carbonyl (C=O) groups is 1. The number of halogens is 2. The van der Waals surface area contributed by atoms with Crippen molar-refractivity contribution in [2.45, 2.75) is 0 Å². The van der Waals surface area contributed by atoms with Crippen molar-refractivity contribution >= 4 is 40.5 Å². The molecule has 0 aliphatic rings. The van der Waals surface area contributed by atoms with Crippen molar-refractivity contribution in [1.82, 2.24) is 0 Å². The Morgan fingerprint density at radius 3 is 2.60 bits per heavy atom. The van der Waals surface area contributed by atoms with E-state index >= 15 is 0 Å². The van der Waals surface area contributed by atoms with Crippen molar-refractivity contribution in [3.63, 3.8) is 0 Å². The molecule has 3 N–H and O–H groups in total. The summed E-state index contributed by atoms with van der Waals surface area (Å²) in [7, 11) is 1.49. The second-order valence-electron chi connectivity index (χ2n) is 4.04. The van der Waals surface area contributed by atoms with Gasteiger partial charge in [-0.15, -0.1) is 0 Å². The molecule has 0 saturated heterocycles. The number of carbonyl (C=O) groups excluding carboxylic acids is 1. The van der Waals surface area contributed by atoms with Gasteiger partial charge in [-0.25, -0.2) is 0 Å². The Hall–Kier alpha value is -1.91. The van der Waals surface area contributed by atoms with Gasteiger partial charge in [0.1, 0.15) is 5.75 Å². The molecule has 2 rings (SSSR count). The van der Waals surface area contributed by atoms with Crippen LogP contribution in [0.5, 0.6) is 5.75 Å². The van der Waals surface area contributed by atoms with Gasteiger partial charge in [-0.1, -0.05) is 23.2 Å². The van der Waals surface area contributed by atoms with Crippen molar-refractivity contribution < 1.29 is 9.53 Å². The number of nitrogens with two attached hydrogens (primary N) is 1. The van der Waals surface area contributed by atoms with Crippen molar-refractivity contribution in [1.29, 1.82) is 0 Å². The fourth-order valence-electron chi connectivity index (χ4n) is 1.64. The lowest BCUT2D eigenvalue weighted by Gasteiger charge is -2.09. The first kappa shape index (κ1) is 14.5. The molecule has 0 unspecified atom stereocenters. The van der Waals surface area contributed by atoms with E-state index in [0.29, 0.717) is 32.7 Å². The van der Waals surface area contributed by atoms with Gasteiger partial charge in [-0.05, 0) is 36.4 Å². The van der Waals surface area contributed by atoms with Crippen LogP contribution in [0.4, 0.5) is 11.4 Å². The van der Waals surface area contributed by atoms with Gasteiger partial charge in [0.05, 0.1) is 23.5 Å². The van der Waals surface area contributed by atoms with Gasteiger partial charge in [0.15, 0.2) is 0 Å². The lowest BCUT2D eigenvalue weighted by atomic mass is 10.1. The number of benzene rings is 2. The van der Waals surface area contributed by atoms with Crippen LogP contribution in [0.2, 0.25) is 10.0 Å². The van der Waals surface area contributed by atoms with E-state index in [0.717, 1.165) is 0 Å². The van der Waals surface area contributed by atoms with E-state index in [1.165, 1.54) is 7.11 Å². The molecule has 0 bridgehead atoms. The van der Waals surface area contributed by atoms with Crippen molar-refractivity contribution in [2.75, 3.05) is 18.2 Å². The number of hydrogen-bond acceptors (Lipinski definition) is 3. The van der Waals surface area contributed by atoms with Crippen LogP contribution >= 0.6 is 23.2 Å². The molecule has 2 aromatic rings. The summed E-state index contributed by atoms with van der Waals surface area (Å²) in [6.07, 6.45) is 0. The molecule has 4 nitrogen and oxygen atoms in total. The maximum atomic E-state index is 12.1. The third kappa shape index (κ3) is 3.15. The molecule has 0 aliphatic heterocycles. The third-order valence-electron chi connectivity index (χ3n) is 2.67. The van der Waals surface area contributed by atoms with Crippen LogP contribution in [0.25, 0.3) is 0 Å². The molecular formula is C14H12Cl2N2O2. The first-order valence-corrected chi connectivity index (χ1v) is 6.47. The van der Waals surface area contributed by atoms with E-state index in [9.17, 15) is 4.79 Å². The highest BCUT2D eigenvalue weighted by Crippen LogP contribution is 2.27. The van der Waals surface area contributed by atoms with Crippen LogP contribution in [0, 0.1) is 0 Å². The quantitative estimate of drug-likeness (QED) is 0.847. The van der Waals surface area contributed by atoms with Crippen molar-refractivity contribution in [2.24, 2.45) is 0 Å². The Bertz CT molecular complexity index is 660. The first-order chi connectivity index (χ1) is 9.51. The number of anilines is 2. The fraction of sp³-hybridized carbons (Fsp3) is 0.0714. The standard InChI is InChI=1S/C14H12Cl2N2O2/c1-20-13-6-8(2-4-11(13)17)14(19)18-12-5-3-9(15)7-10(12)16/h2-7H,17H2,1H3,(H,18,19). The third-order valence-corrected chi connectivity index (χ3v) is 3.22. The first-order valence-electron chi connectivity index (χ1n) is 5.71. The molecule has 6 heteroatoms. The number of hydrogen-bond donors (Lipinski definition) is 2. The largest absolute Gasteiger partial charge is 0.495 e. The Morgan fingerprint density at radius 1 is 1.20 bits per heavy atom. The SMILES string of the molecule is COc1cc(C(=O)Nc2ccc(Cl)cc2Cl)ccc1N. The topological polar surface area (TPSA) is 64.3 Å². The predicted molar refractivity (Wildman–Crippen MR) is 81.8 cm³/mol. The van der Waals surface area contributed by atoms with E-state index in [4.69, 9.17) is 33.7 Å². The molecule has 20 heavy (non-hydrogen) atoms. The van der Waals surface area contributed by atoms with E-state index in [2.05, 4.69) is 5.32 Å². The predicted octanol–water partition coefficient (Wildman–Crippen LogP) is 3.84. The smallest absolute Gasteiger partial charge is 0.255 e. The molecule has 2 aromatic carbocycles. The number of ether oxygens (including phenoxy) is 1. The summed E-state index contributed by atoms with van der Waals surface area (Å²) < 4.78 is 5.08. The number of nitrogens with one attached hydrogen (secondary N) is 1. The summed E-state index contributed by atoms with van der Waals surface area (Å²) in [5.74, 6) is 0.132. The zero-order chi connectivity index (χ0) is 14.7. The van der Waals surface area contributed by atoms with Gasteiger partial charge in [0.2, 0.25) is 0 Å². The molecule has 0 aromatic heterocycles. The van der Waals surface area contributed by atoms with Gasteiger partial charge in [0.25, 0.3) is 5.91 Å². The molecule has 1 amide bonds. The minimum Gasteiger partial charge on any atom is -0.495 e. The Balaban J connectivity index is 2.24. The Labute approximate surface area is 126 Å². The van der Waals surface area contributed by atoms with Crippen LogP contribution < -0.4 is 15.8 Å². The average Bonchev–Trinajstić information content (AvgIpc) is 2.42. The molecule has 0 saturated carbocycles. The zero-order valence-electron chi connectivity index (χ0n) is 10.6. The maximum absolute atomic E-state index is 12.1. The highest BCUT2D eigenvalue weighted by molar-refractivity contribution is 6.36. The summed E-state index contributed by atoms with van der Waals surface area (Å²) >= 11 is 11.8. The lowest BCUT2D eigenvalue weighted by Crippen LogP contribution is -2.12. The van der Waals surface area contributed by atoms with Gasteiger partial charge in [-0.3, -0.25) is 4.79 Å². The lowest BCUT2D eigenvalue weighted by molar-refractivity contribution is 0.102. The number of nitrogen functional groups attached to an aromatic ring is 1. The summed E-state index contributed by atoms with van der Waals surface area (Å²) in [6, 6.07) is 9.62. The van der Waals surface area contributed by atoms with Crippen molar-refractivity contribution in [3.8, 4) is 5.75 Å². The van der Waals surface area contributed by atoms with Crippen LogP contribution in [-0.2, 0) is 0 Å². The van der Waals surface area contributed by atoms with E-state index in [-0.39, 0.29) is 5.91 Å². The van der Waals surface area contributed by atoms with Gasteiger partial charge >= 0.3 is 0 Å². The van der Waals surface area contributed by atoms with Crippen LogP contribution in [0.3, 0.4) is 0 Å². The number of methoxy groups -OCH3 is 1. The second-order valence-corrected chi connectivity index (χ2v) is 4.88. The second kappa shape index (κ2) is 6.03. The minimum absolute atomic E-state index is 0.312. The van der Waals surface area contributed by atoms with E-state index < -0.39 is 0 Å². The normalized spacial score (nSPS) is 10.2. The molecule has 104 valence electrons. The summed E-state index contributed by atoms with van der Waals surface area (Å²) in [5.41, 5.74) is 7.07. The van der Waals surface area contributed by atoms with Crippen LogP contribution in [0.1, 0.15) is 10.4 Å². The summed E-state index contributed by atoms with van der Waals surface area (Å²) in [6.45, 7) is 0. The van der Waals surface area contributed by atoms with Crippen LogP contribution in [-0.4, -0.2) is 13.0 Å². The molecule has 0 heterocycles. The number of rotatable bonds is 3. The van der Waals surface area contributed by atoms with Crippen LogP contribution in [0.15, 0.2) is 36.4 Å². The van der Waals surface area contributed by atoms with Crippen molar-refractivity contribution in [3.05, 3.63) is 52.0 Å². The molecule has 0 spiro atoms. The molecule has 0 atom stereocenters. The molecule has 0 radical (unpaired) electrons. The zero-order valence-corrected chi connectivity index (χ0v) is 12.1. The van der Waals surface area contributed by atoms with Gasteiger partial charge in [0, 0.05) is 10.6 Å². The Kier molecular flexibility index (Phi) is 4.37. The van der Waals surface area contributed by atoms with Gasteiger partial charge in [-0.2, -0.15) is 0 Å². The average molecular weight is 311 g/mol. The number of amides is 1. The molecule has 0 fully saturated rings. The van der Waals surface area contributed by atoms with E-state index in [1.807, 2.05) is 0 Å². The highest BCUT2D eigenvalue weighted by atomic mass is 35.5. The maximum Gasteiger partial charge on any atom is 0.255 e. The fourth-order valence-corrected chi connectivity index (χ4v) is 2.09. The summed E-state index contributed by atoms with van der Waals surface area (Å²) in [4.78, 5) is 12.1. The van der Waals surface area contributed by atoms with E-state index in [1.54, 1.807) is 36.4 Å². The minimum atomic E-state index is -0.312. The Morgan fingerprint density at radius 2 is 1.95 bits per heavy atom. The summed E-state index contributed by atoms with van der Waals surface area (Å²) in [5, 5.41) is 3.57. The van der Waals surface area contributed by atoms with Gasteiger partial charge < -0.3 is 15.8 Å². The monoisotopic (exact) mass is 310 g/mol. The molecular weight excluding hydrogens is 299 g/mol. The molecule has 0 aliphatic carbocycles.